The minimum Gasteiger partial charge on any atom is -0.475 e. The van der Waals surface area contributed by atoms with E-state index in [-0.39, 0.29) is 17.9 Å². The average molecular weight is 886 g/mol. The SMILES string of the molecule is CN1CCN(CCNC(=O)c2cccc(CN(C(=O)c3nc4ccc(-c5cn[nH]c5)cc4s3)C3CC3)c2)CC1.O=C(O)C(F)(F)F.O=C(O)C(F)(F)F.O=C(O)C(F)(F)F. The molecule has 2 aromatic carbocycles. The van der Waals surface area contributed by atoms with Gasteiger partial charge in [0.25, 0.3) is 11.8 Å². The van der Waals surface area contributed by atoms with Crippen molar-refractivity contribution in [3.8, 4) is 11.1 Å². The number of piperazine rings is 1. The van der Waals surface area contributed by atoms with Gasteiger partial charge in [0.2, 0.25) is 0 Å². The first kappa shape index (κ1) is 48.5. The number of likely N-dealkylation sites (N-methyl/N-ethyl adjacent to an activating group) is 1. The van der Waals surface area contributed by atoms with E-state index in [0.717, 1.165) is 72.5 Å². The molecule has 2 fully saturated rings. The summed E-state index contributed by atoms with van der Waals surface area (Å²) in [6.45, 7) is 6.14. The van der Waals surface area contributed by atoms with Crippen LogP contribution in [0.5, 0.6) is 0 Å². The molecule has 1 saturated heterocycles. The largest absolute Gasteiger partial charge is 0.490 e. The van der Waals surface area contributed by atoms with Crippen LogP contribution in [0.2, 0.25) is 0 Å². The van der Waals surface area contributed by atoms with E-state index in [0.29, 0.717) is 23.7 Å². The van der Waals surface area contributed by atoms with E-state index in [4.69, 9.17) is 29.7 Å². The molecule has 5 N–H and O–H groups in total. The Kier molecular flexibility index (Phi) is 16.9. The molecule has 60 heavy (non-hydrogen) atoms. The number of carboxylic acid groups (broad SMARTS) is 3. The molecule has 2 aromatic heterocycles. The van der Waals surface area contributed by atoms with Crippen LogP contribution in [0.15, 0.2) is 54.9 Å². The third-order valence-corrected chi connectivity index (χ3v) is 9.24. The van der Waals surface area contributed by atoms with Crippen molar-refractivity contribution in [1.29, 1.82) is 0 Å². The van der Waals surface area contributed by atoms with Gasteiger partial charge in [-0.2, -0.15) is 44.6 Å². The Bertz CT molecular complexity index is 2030. The van der Waals surface area contributed by atoms with Crippen molar-refractivity contribution in [2.24, 2.45) is 0 Å². The van der Waals surface area contributed by atoms with Gasteiger partial charge in [0.1, 0.15) is 0 Å². The van der Waals surface area contributed by atoms with E-state index in [9.17, 15) is 49.1 Å². The summed E-state index contributed by atoms with van der Waals surface area (Å²) in [5.41, 5.74) is 4.44. The fourth-order valence-corrected chi connectivity index (χ4v) is 5.95. The number of aliphatic carboxylic acids is 3. The second-order valence-electron chi connectivity index (χ2n) is 12.9. The lowest BCUT2D eigenvalue weighted by molar-refractivity contribution is -0.193. The van der Waals surface area contributed by atoms with E-state index in [1.807, 2.05) is 47.5 Å². The average Bonchev–Trinajstić information content (AvgIpc) is 3.67. The van der Waals surface area contributed by atoms with Crippen LogP contribution in [0.1, 0.15) is 38.6 Å². The molecule has 0 spiro atoms. The van der Waals surface area contributed by atoms with E-state index in [1.54, 1.807) is 6.20 Å². The number of halogens is 9. The molecular weight excluding hydrogens is 849 g/mol. The van der Waals surface area contributed by atoms with Crippen molar-refractivity contribution in [2.75, 3.05) is 46.3 Å². The lowest BCUT2D eigenvalue weighted by Gasteiger charge is -2.32. The third-order valence-electron chi connectivity index (χ3n) is 8.23. The summed E-state index contributed by atoms with van der Waals surface area (Å²) >= 11 is 1.43. The number of carbonyl (C=O) groups is 5. The number of H-pyrrole nitrogens is 1. The zero-order valence-electron chi connectivity index (χ0n) is 31.1. The lowest BCUT2D eigenvalue weighted by Crippen LogP contribution is -2.46. The molecule has 0 atom stereocenters. The molecule has 328 valence electrons. The zero-order chi connectivity index (χ0) is 45.0. The van der Waals surface area contributed by atoms with Crippen LogP contribution in [-0.4, -0.2) is 146 Å². The first-order valence-electron chi connectivity index (χ1n) is 17.3. The first-order valence-corrected chi connectivity index (χ1v) is 18.1. The van der Waals surface area contributed by atoms with Crippen molar-refractivity contribution in [2.45, 2.75) is 44.0 Å². The molecule has 0 unspecified atom stereocenters. The number of thiazole rings is 1. The van der Waals surface area contributed by atoms with E-state index in [1.165, 1.54) is 11.3 Å². The number of benzene rings is 2. The predicted octanol–water partition coefficient (Wildman–Crippen LogP) is 5.37. The molecule has 3 heterocycles. The second-order valence-corrected chi connectivity index (χ2v) is 13.9. The van der Waals surface area contributed by atoms with Crippen molar-refractivity contribution < 1.29 is 78.8 Å². The minimum absolute atomic E-state index is 0.0504. The molecule has 1 saturated carbocycles. The first-order chi connectivity index (χ1) is 27.9. The molecule has 0 bridgehead atoms. The standard InChI is InChI=1S/C29H33N7O2S.3C2HF3O2/c1-34-11-13-35(14-12-34)10-9-30-27(37)22-4-2-3-20(15-22)19-36(24-6-7-24)29(38)28-33-25-8-5-21(16-26(25)39-28)23-17-31-32-18-23;3*3-2(4,5)1(6)7/h2-5,8,15-18,24H,6-7,9-14,19H2,1H3,(H,30,37)(H,31,32);3*(H,6,7). The highest BCUT2D eigenvalue weighted by atomic mass is 32.1. The molecule has 1 aliphatic heterocycles. The van der Waals surface area contributed by atoms with Gasteiger partial charge in [-0.25, -0.2) is 19.4 Å². The molecule has 1 aliphatic carbocycles. The normalized spacial score (nSPS) is 14.6. The number of nitrogens with one attached hydrogen (secondary N) is 2. The number of fused-ring (bicyclic) bond motifs is 1. The number of hydrogen-bond donors (Lipinski definition) is 5. The van der Waals surface area contributed by atoms with E-state index >= 15 is 0 Å². The summed E-state index contributed by atoms with van der Waals surface area (Å²) in [5.74, 6) is -8.40. The summed E-state index contributed by atoms with van der Waals surface area (Å²) < 4.78 is 96.2. The van der Waals surface area contributed by atoms with Gasteiger partial charge in [-0.05, 0) is 55.3 Å². The van der Waals surface area contributed by atoms with Gasteiger partial charge in [0.15, 0.2) is 5.01 Å². The predicted molar refractivity (Wildman–Crippen MR) is 194 cm³/mol. The second kappa shape index (κ2) is 20.9. The summed E-state index contributed by atoms with van der Waals surface area (Å²) in [7, 11) is 2.14. The van der Waals surface area contributed by atoms with Crippen LogP contribution < -0.4 is 5.32 Å². The summed E-state index contributed by atoms with van der Waals surface area (Å²) in [4.78, 5) is 64.5. The van der Waals surface area contributed by atoms with Gasteiger partial charge < -0.3 is 30.4 Å². The van der Waals surface area contributed by atoms with Crippen molar-refractivity contribution in [3.63, 3.8) is 0 Å². The fraction of sp³-hybridized carbons (Fsp3) is 0.400. The number of hydrogen-bond acceptors (Lipinski definition) is 10. The van der Waals surface area contributed by atoms with Crippen LogP contribution >= 0.6 is 11.3 Å². The third kappa shape index (κ3) is 15.7. The van der Waals surface area contributed by atoms with E-state index < -0.39 is 36.4 Å². The Hall–Kier alpha value is -5.82. The Morgan fingerprint density at radius 3 is 1.90 bits per heavy atom. The number of carbonyl (C=O) groups excluding carboxylic acids is 2. The zero-order valence-corrected chi connectivity index (χ0v) is 31.9. The van der Waals surface area contributed by atoms with Gasteiger partial charge in [-0.1, -0.05) is 18.2 Å². The number of rotatable bonds is 9. The number of carboxylic acids is 3. The highest BCUT2D eigenvalue weighted by molar-refractivity contribution is 7.20. The molecule has 2 amide bonds. The van der Waals surface area contributed by atoms with E-state index in [2.05, 4.69) is 43.4 Å². The van der Waals surface area contributed by atoms with Crippen LogP contribution in [0.3, 0.4) is 0 Å². The smallest absolute Gasteiger partial charge is 0.475 e. The van der Waals surface area contributed by atoms with Gasteiger partial charge in [0.05, 0.1) is 16.4 Å². The number of amides is 2. The summed E-state index contributed by atoms with van der Waals surface area (Å²) in [5, 5.41) is 31.8. The van der Waals surface area contributed by atoms with Gasteiger partial charge in [0, 0.05) is 69.2 Å². The van der Waals surface area contributed by atoms with Crippen molar-refractivity contribution in [1.82, 2.24) is 35.2 Å². The van der Waals surface area contributed by atoms with Crippen LogP contribution in [0.4, 0.5) is 39.5 Å². The number of aromatic amines is 1. The highest BCUT2D eigenvalue weighted by Gasteiger charge is 2.39. The maximum atomic E-state index is 13.6. The Labute approximate surface area is 337 Å². The maximum Gasteiger partial charge on any atom is 0.490 e. The Morgan fingerprint density at radius 1 is 0.833 bits per heavy atom. The maximum absolute atomic E-state index is 13.6. The van der Waals surface area contributed by atoms with Gasteiger partial charge in [-0.3, -0.25) is 19.6 Å². The molecule has 15 nitrogen and oxygen atoms in total. The topological polar surface area (TPSA) is 209 Å². The number of aromatic nitrogens is 3. The van der Waals surface area contributed by atoms with Crippen LogP contribution in [0.25, 0.3) is 21.3 Å². The summed E-state index contributed by atoms with van der Waals surface area (Å²) in [6, 6.07) is 13.9. The fourth-order valence-electron chi connectivity index (χ4n) is 4.99. The van der Waals surface area contributed by atoms with Crippen LogP contribution in [0, 0.1) is 0 Å². The van der Waals surface area contributed by atoms with Gasteiger partial charge in [-0.15, -0.1) is 11.3 Å². The number of alkyl halides is 9. The Balaban J connectivity index is 0.000000377. The monoisotopic (exact) mass is 885 g/mol. The van der Waals surface area contributed by atoms with Crippen molar-refractivity contribution in [3.05, 3.63) is 71.0 Å². The molecule has 6 rings (SSSR count). The molecule has 0 radical (unpaired) electrons. The molecule has 2 aliphatic rings. The lowest BCUT2D eigenvalue weighted by atomic mass is 10.1. The quantitative estimate of drug-likeness (QED) is 0.135. The van der Waals surface area contributed by atoms with Gasteiger partial charge >= 0.3 is 36.4 Å². The molecule has 25 heteroatoms. The van der Waals surface area contributed by atoms with Crippen molar-refractivity contribution >= 4 is 51.3 Å². The molecule has 4 aromatic rings. The van der Waals surface area contributed by atoms with Crippen LogP contribution in [-0.2, 0) is 20.9 Å². The number of nitrogens with zero attached hydrogens (tertiary/aromatic N) is 5. The molecular formula is C35H36F9N7O8S. The Morgan fingerprint density at radius 2 is 1.40 bits per heavy atom. The minimum atomic E-state index is -5.08. The summed E-state index contributed by atoms with van der Waals surface area (Å²) in [6.07, 6.45) is -9.63. The highest BCUT2D eigenvalue weighted by Crippen LogP contribution is 2.33.